The van der Waals surface area contributed by atoms with E-state index in [1.54, 1.807) is 6.07 Å². The molecule has 3 rings (SSSR count). The number of halogens is 1. The summed E-state index contributed by atoms with van der Waals surface area (Å²) in [6.45, 7) is 3.72. The van der Waals surface area contributed by atoms with Gasteiger partial charge in [-0.1, -0.05) is 15.9 Å². The molecule has 0 atom stereocenters. The Morgan fingerprint density at radius 1 is 1.29 bits per heavy atom. The molecule has 5 nitrogen and oxygen atoms in total. The molecule has 2 aromatic rings. The highest BCUT2D eigenvalue weighted by molar-refractivity contribution is 9.10. The second-order valence-corrected chi connectivity index (χ2v) is 5.74. The standard InChI is InChI=1S/C8H6BrNO.C7H9NO2/c9-6-1-2-7-5(3-6)4-8(11)10-7;1-4-3-6(7(9)10)8-5(4)2/h1-3H,4H2,(H,10,11);3,8H,1-2H3,(H,9,10). The number of nitrogens with one attached hydrogen (secondary N) is 2. The molecule has 0 fully saturated rings. The molecule has 6 heteroatoms. The predicted octanol–water partition coefficient (Wildman–Crippen LogP) is 3.27. The van der Waals surface area contributed by atoms with E-state index in [1.807, 2.05) is 32.0 Å². The van der Waals surface area contributed by atoms with Crippen molar-refractivity contribution in [3.05, 3.63) is 51.3 Å². The molecule has 0 aliphatic carbocycles. The summed E-state index contributed by atoms with van der Waals surface area (Å²) in [6, 6.07) is 7.42. The van der Waals surface area contributed by atoms with Gasteiger partial charge in [0.05, 0.1) is 6.42 Å². The van der Waals surface area contributed by atoms with Crippen molar-refractivity contribution < 1.29 is 14.7 Å². The number of hydrogen-bond donors (Lipinski definition) is 3. The zero-order chi connectivity index (χ0) is 15.6. The van der Waals surface area contributed by atoms with Gasteiger partial charge in [-0.3, -0.25) is 4.79 Å². The van der Waals surface area contributed by atoms with Gasteiger partial charge in [0.2, 0.25) is 5.91 Å². The maximum atomic E-state index is 10.9. The van der Waals surface area contributed by atoms with E-state index < -0.39 is 5.97 Å². The smallest absolute Gasteiger partial charge is 0.352 e. The summed E-state index contributed by atoms with van der Waals surface area (Å²) in [7, 11) is 0. The van der Waals surface area contributed by atoms with E-state index in [1.165, 1.54) is 0 Å². The highest BCUT2D eigenvalue weighted by Crippen LogP contribution is 2.25. The van der Waals surface area contributed by atoms with Crippen molar-refractivity contribution in [3.63, 3.8) is 0 Å². The summed E-state index contributed by atoms with van der Waals surface area (Å²) >= 11 is 3.35. The van der Waals surface area contributed by atoms with Gasteiger partial charge in [-0.2, -0.15) is 0 Å². The molecule has 1 aromatic heterocycles. The van der Waals surface area contributed by atoms with Crippen molar-refractivity contribution in [2.75, 3.05) is 5.32 Å². The molecule has 0 bridgehead atoms. The monoisotopic (exact) mass is 350 g/mol. The summed E-state index contributed by atoms with van der Waals surface area (Å²) in [5.74, 6) is -0.825. The van der Waals surface area contributed by atoms with Gasteiger partial charge in [0, 0.05) is 15.9 Å². The van der Waals surface area contributed by atoms with Gasteiger partial charge in [0.1, 0.15) is 5.69 Å². The van der Waals surface area contributed by atoms with Crippen LogP contribution in [0.1, 0.15) is 27.3 Å². The van der Waals surface area contributed by atoms with Crippen molar-refractivity contribution in [3.8, 4) is 0 Å². The Morgan fingerprint density at radius 2 is 2.00 bits per heavy atom. The molecule has 1 aliphatic heterocycles. The largest absolute Gasteiger partial charge is 0.477 e. The highest BCUT2D eigenvalue weighted by atomic mass is 79.9. The molecule has 0 saturated heterocycles. The molecule has 0 saturated carbocycles. The number of aromatic carboxylic acids is 1. The molecular weight excluding hydrogens is 336 g/mol. The zero-order valence-electron chi connectivity index (χ0n) is 11.7. The molecule has 21 heavy (non-hydrogen) atoms. The minimum atomic E-state index is -0.906. The van der Waals surface area contributed by atoms with E-state index in [4.69, 9.17) is 5.11 Å². The molecule has 0 unspecified atom stereocenters. The van der Waals surface area contributed by atoms with Gasteiger partial charge in [-0.05, 0) is 49.2 Å². The summed E-state index contributed by atoms with van der Waals surface area (Å²) in [4.78, 5) is 24.0. The lowest BCUT2D eigenvalue weighted by atomic mass is 10.2. The first-order valence-electron chi connectivity index (χ1n) is 6.34. The van der Waals surface area contributed by atoms with Crippen LogP contribution in [0.25, 0.3) is 0 Å². The van der Waals surface area contributed by atoms with Crippen LogP contribution < -0.4 is 5.32 Å². The number of carbonyl (C=O) groups is 2. The first-order valence-corrected chi connectivity index (χ1v) is 7.14. The van der Waals surface area contributed by atoms with E-state index in [0.717, 1.165) is 27.0 Å². The molecule has 3 N–H and O–H groups in total. The maximum Gasteiger partial charge on any atom is 0.352 e. The Bertz CT molecular complexity index is 687. The first kappa shape index (κ1) is 15.3. The molecule has 2 heterocycles. The number of H-pyrrole nitrogens is 1. The fourth-order valence-corrected chi connectivity index (χ4v) is 2.38. The third kappa shape index (κ3) is 3.72. The Balaban J connectivity index is 0.000000155. The molecule has 1 amide bonds. The van der Waals surface area contributed by atoms with Crippen LogP contribution in [0.5, 0.6) is 0 Å². The van der Waals surface area contributed by atoms with Crippen molar-refractivity contribution in [1.29, 1.82) is 0 Å². The average Bonchev–Trinajstić information content (AvgIpc) is 2.92. The molecule has 0 radical (unpaired) electrons. The van der Waals surface area contributed by atoms with Gasteiger partial charge < -0.3 is 15.4 Å². The number of anilines is 1. The maximum absolute atomic E-state index is 10.9. The van der Waals surface area contributed by atoms with Crippen LogP contribution in [0.4, 0.5) is 5.69 Å². The highest BCUT2D eigenvalue weighted by Gasteiger charge is 2.16. The van der Waals surface area contributed by atoms with Gasteiger partial charge in [0.25, 0.3) is 0 Å². The second-order valence-electron chi connectivity index (χ2n) is 4.82. The number of aromatic amines is 1. The minimum absolute atomic E-state index is 0.0816. The quantitative estimate of drug-likeness (QED) is 0.738. The normalized spacial score (nSPS) is 12.2. The number of carboxylic acid groups (broad SMARTS) is 1. The fraction of sp³-hybridized carbons (Fsp3) is 0.200. The van der Waals surface area contributed by atoms with Gasteiger partial charge in [-0.15, -0.1) is 0 Å². The SMILES string of the molecule is Cc1cc(C(=O)O)[nH]c1C.O=C1Cc2cc(Br)ccc2N1. The van der Waals surface area contributed by atoms with Crippen molar-refractivity contribution in [1.82, 2.24) is 4.98 Å². The van der Waals surface area contributed by atoms with Gasteiger partial charge in [0.15, 0.2) is 0 Å². The summed E-state index contributed by atoms with van der Waals surface area (Å²) in [6.07, 6.45) is 0.509. The molecule has 1 aromatic carbocycles. The molecular formula is C15H15BrN2O3. The number of benzene rings is 1. The number of rotatable bonds is 1. The van der Waals surface area contributed by atoms with Crippen LogP contribution in [0.2, 0.25) is 0 Å². The molecule has 110 valence electrons. The Labute approximate surface area is 130 Å². The number of aryl methyl sites for hydroxylation is 2. The Hall–Kier alpha value is -2.08. The van der Waals surface area contributed by atoms with Crippen molar-refractivity contribution in [2.24, 2.45) is 0 Å². The topological polar surface area (TPSA) is 82.2 Å². The van der Waals surface area contributed by atoms with E-state index in [9.17, 15) is 9.59 Å². The van der Waals surface area contributed by atoms with Gasteiger partial charge >= 0.3 is 5.97 Å². The zero-order valence-corrected chi connectivity index (χ0v) is 13.2. The van der Waals surface area contributed by atoms with Gasteiger partial charge in [-0.25, -0.2) is 4.79 Å². The lowest BCUT2D eigenvalue weighted by Crippen LogP contribution is -2.03. The number of amides is 1. The lowest BCUT2D eigenvalue weighted by Gasteiger charge is -1.96. The number of hydrogen-bond acceptors (Lipinski definition) is 2. The fourth-order valence-electron chi connectivity index (χ4n) is 1.97. The van der Waals surface area contributed by atoms with Crippen LogP contribution in [-0.2, 0) is 11.2 Å². The number of carbonyl (C=O) groups excluding carboxylic acids is 1. The predicted molar refractivity (Wildman–Crippen MR) is 83.7 cm³/mol. The number of fused-ring (bicyclic) bond motifs is 1. The Morgan fingerprint density at radius 3 is 2.52 bits per heavy atom. The Kier molecular flexibility index (Phi) is 4.47. The van der Waals surface area contributed by atoms with Crippen LogP contribution in [0.3, 0.4) is 0 Å². The first-order chi connectivity index (χ1) is 9.86. The minimum Gasteiger partial charge on any atom is -0.477 e. The van der Waals surface area contributed by atoms with E-state index in [2.05, 4.69) is 26.2 Å². The molecule has 0 spiro atoms. The summed E-state index contributed by atoms with van der Waals surface area (Å²) < 4.78 is 1.02. The lowest BCUT2D eigenvalue weighted by molar-refractivity contribution is -0.115. The van der Waals surface area contributed by atoms with E-state index in [-0.39, 0.29) is 11.6 Å². The van der Waals surface area contributed by atoms with Crippen LogP contribution in [-0.4, -0.2) is 22.0 Å². The van der Waals surface area contributed by atoms with E-state index in [0.29, 0.717) is 6.42 Å². The third-order valence-electron chi connectivity index (χ3n) is 3.20. The summed E-state index contributed by atoms with van der Waals surface area (Å²) in [5, 5.41) is 11.3. The second kappa shape index (κ2) is 6.13. The summed E-state index contributed by atoms with van der Waals surface area (Å²) in [5.41, 5.74) is 4.17. The van der Waals surface area contributed by atoms with E-state index >= 15 is 0 Å². The third-order valence-corrected chi connectivity index (χ3v) is 3.69. The number of carboxylic acids is 1. The van der Waals surface area contributed by atoms with Crippen LogP contribution in [0, 0.1) is 13.8 Å². The number of aromatic nitrogens is 1. The van der Waals surface area contributed by atoms with Crippen LogP contribution >= 0.6 is 15.9 Å². The van der Waals surface area contributed by atoms with Crippen LogP contribution in [0.15, 0.2) is 28.7 Å². The van der Waals surface area contributed by atoms with Crippen molar-refractivity contribution >= 4 is 33.5 Å². The average molecular weight is 351 g/mol. The van der Waals surface area contributed by atoms with Crippen molar-refractivity contribution in [2.45, 2.75) is 20.3 Å². The molecule has 1 aliphatic rings.